The maximum absolute atomic E-state index is 12.4. The molecule has 1 aliphatic carbocycles. The number of carboxylic acids is 1. The number of nitrogens with one attached hydrogen (secondary N) is 1. The highest BCUT2D eigenvalue weighted by Crippen LogP contribution is 2.28. The van der Waals surface area contributed by atoms with Crippen LogP contribution in [-0.2, 0) is 11.3 Å². The van der Waals surface area contributed by atoms with Gasteiger partial charge in [-0.15, -0.1) is 5.10 Å². The van der Waals surface area contributed by atoms with E-state index in [1.54, 1.807) is 10.9 Å². The SMILES string of the molecule is O=C(NC1(C(=O)O)CCCCC1)c1cn(Cc2ccccc2)nn1. The van der Waals surface area contributed by atoms with Crippen LogP contribution in [0.15, 0.2) is 36.5 Å². The van der Waals surface area contributed by atoms with Crippen molar-refractivity contribution < 1.29 is 14.7 Å². The molecule has 3 rings (SSSR count). The predicted molar refractivity (Wildman–Crippen MR) is 86.5 cm³/mol. The maximum Gasteiger partial charge on any atom is 0.329 e. The van der Waals surface area contributed by atoms with Gasteiger partial charge in [0.25, 0.3) is 5.91 Å². The zero-order chi connectivity index (χ0) is 17.0. The van der Waals surface area contributed by atoms with Gasteiger partial charge in [0.05, 0.1) is 12.7 Å². The van der Waals surface area contributed by atoms with Crippen LogP contribution in [0.1, 0.15) is 48.2 Å². The van der Waals surface area contributed by atoms with Gasteiger partial charge in [0.1, 0.15) is 5.54 Å². The van der Waals surface area contributed by atoms with Gasteiger partial charge in [0, 0.05) is 0 Å². The van der Waals surface area contributed by atoms with Crippen molar-refractivity contribution in [2.75, 3.05) is 0 Å². The Labute approximate surface area is 139 Å². The molecule has 2 N–H and O–H groups in total. The fraction of sp³-hybridized carbons (Fsp3) is 0.412. The summed E-state index contributed by atoms with van der Waals surface area (Å²) in [6.07, 6.45) is 5.04. The highest BCUT2D eigenvalue weighted by Gasteiger charge is 2.41. The number of benzene rings is 1. The third kappa shape index (κ3) is 3.45. The summed E-state index contributed by atoms with van der Waals surface area (Å²) in [7, 11) is 0. The van der Waals surface area contributed by atoms with Gasteiger partial charge in [0.2, 0.25) is 0 Å². The van der Waals surface area contributed by atoms with Crippen LogP contribution in [0.3, 0.4) is 0 Å². The molecule has 0 unspecified atom stereocenters. The molecule has 1 heterocycles. The van der Waals surface area contributed by atoms with Crippen molar-refractivity contribution in [3.63, 3.8) is 0 Å². The zero-order valence-corrected chi connectivity index (χ0v) is 13.3. The molecule has 7 nitrogen and oxygen atoms in total. The highest BCUT2D eigenvalue weighted by molar-refractivity contribution is 5.96. The molecule has 7 heteroatoms. The van der Waals surface area contributed by atoms with Crippen molar-refractivity contribution >= 4 is 11.9 Å². The normalized spacial score (nSPS) is 16.5. The Morgan fingerprint density at radius 1 is 1.17 bits per heavy atom. The van der Waals surface area contributed by atoms with Crippen LogP contribution in [0, 0.1) is 0 Å². The molecular formula is C17H20N4O3. The minimum atomic E-state index is -1.18. The number of carbonyl (C=O) groups is 2. The van der Waals surface area contributed by atoms with Gasteiger partial charge < -0.3 is 10.4 Å². The van der Waals surface area contributed by atoms with E-state index in [0.29, 0.717) is 19.4 Å². The van der Waals surface area contributed by atoms with Crippen molar-refractivity contribution in [2.24, 2.45) is 0 Å². The van der Waals surface area contributed by atoms with Crippen LogP contribution in [-0.4, -0.2) is 37.5 Å². The van der Waals surface area contributed by atoms with Crippen molar-refractivity contribution in [2.45, 2.75) is 44.2 Å². The minimum absolute atomic E-state index is 0.136. The first-order valence-electron chi connectivity index (χ1n) is 8.09. The predicted octanol–water partition coefficient (Wildman–Crippen LogP) is 1.84. The Balaban J connectivity index is 1.70. The summed E-state index contributed by atoms with van der Waals surface area (Å²) in [4.78, 5) is 24.0. The van der Waals surface area contributed by atoms with E-state index in [9.17, 15) is 14.7 Å². The van der Waals surface area contributed by atoms with E-state index >= 15 is 0 Å². The first-order chi connectivity index (χ1) is 11.6. The standard InChI is InChI=1S/C17H20N4O3/c22-15(18-17(16(23)24)9-5-2-6-10-17)14-12-21(20-19-14)11-13-7-3-1-4-8-13/h1,3-4,7-8,12H,2,5-6,9-11H2,(H,18,22)(H,23,24). The van der Waals surface area contributed by atoms with E-state index in [0.717, 1.165) is 24.8 Å². The largest absolute Gasteiger partial charge is 0.480 e. The van der Waals surface area contributed by atoms with Gasteiger partial charge >= 0.3 is 5.97 Å². The van der Waals surface area contributed by atoms with Gasteiger partial charge in [-0.25, -0.2) is 9.48 Å². The lowest BCUT2D eigenvalue weighted by atomic mass is 9.81. The molecule has 1 aromatic carbocycles. The summed E-state index contributed by atoms with van der Waals surface area (Å²) in [5.41, 5.74) is -0.000728. The van der Waals surface area contributed by atoms with Gasteiger partial charge in [-0.05, 0) is 18.4 Å². The fourth-order valence-corrected chi connectivity index (χ4v) is 3.08. The van der Waals surface area contributed by atoms with Crippen molar-refractivity contribution in [1.82, 2.24) is 20.3 Å². The second-order valence-corrected chi connectivity index (χ2v) is 6.19. The lowest BCUT2D eigenvalue weighted by Crippen LogP contribution is -2.55. The van der Waals surface area contributed by atoms with Crippen LogP contribution < -0.4 is 5.32 Å². The smallest absolute Gasteiger partial charge is 0.329 e. The Bertz CT molecular complexity index is 720. The van der Waals surface area contributed by atoms with Gasteiger partial charge in [0.15, 0.2) is 5.69 Å². The van der Waals surface area contributed by atoms with Crippen LogP contribution >= 0.6 is 0 Å². The average molecular weight is 328 g/mol. The summed E-state index contributed by atoms with van der Waals surface area (Å²) in [6.45, 7) is 0.505. The van der Waals surface area contributed by atoms with E-state index in [2.05, 4.69) is 15.6 Å². The van der Waals surface area contributed by atoms with E-state index in [1.807, 2.05) is 30.3 Å². The third-order valence-electron chi connectivity index (χ3n) is 4.43. The molecule has 126 valence electrons. The molecule has 0 atom stereocenters. The Hall–Kier alpha value is -2.70. The third-order valence-corrected chi connectivity index (χ3v) is 4.43. The van der Waals surface area contributed by atoms with Crippen LogP contribution in [0.25, 0.3) is 0 Å². The quantitative estimate of drug-likeness (QED) is 0.873. The van der Waals surface area contributed by atoms with Crippen molar-refractivity contribution in [3.05, 3.63) is 47.8 Å². The lowest BCUT2D eigenvalue weighted by molar-refractivity contribution is -0.145. The lowest BCUT2D eigenvalue weighted by Gasteiger charge is -2.33. The highest BCUT2D eigenvalue weighted by atomic mass is 16.4. The molecule has 24 heavy (non-hydrogen) atoms. The minimum Gasteiger partial charge on any atom is -0.480 e. The number of aliphatic carboxylic acids is 1. The first-order valence-corrected chi connectivity index (χ1v) is 8.09. The molecule has 1 aliphatic rings. The van der Waals surface area contributed by atoms with Crippen molar-refractivity contribution in [3.8, 4) is 0 Å². The number of aromatic nitrogens is 3. The Morgan fingerprint density at radius 3 is 2.54 bits per heavy atom. The van der Waals surface area contributed by atoms with E-state index in [4.69, 9.17) is 0 Å². The molecular weight excluding hydrogens is 308 g/mol. The molecule has 1 saturated carbocycles. The average Bonchev–Trinajstić information content (AvgIpc) is 3.05. The van der Waals surface area contributed by atoms with E-state index in [-0.39, 0.29) is 5.69 Å². The summed E-state index contributed by atoms with van der Waals surface area (Å²) < 4.78 is 1.57. The Kier molecular flexibility index (Phi) is 4.59. The molecule has 1 aromatic heterocycles. The summed E-state index contributed by atoms with van der Waals surface area (Å²) in [6, 6.07) is 9.71. The first kappa shape index (κ1) is 16.2. The maximum atomic E-state index is 12.4. The molecule has 0 bridgehead atoms. The van der Waals surface area contributed by atoms with E-state index < -0.39 is 17.4 Å². The molecule has 0 saturated heterocycles. The summed E-state index contributed by atoms with van der Waals surface area (Å²) >= 11 is 0. The van der Waals surface area contributed by atoms with Gasteiger partial charge in [-0.1, -0.05) is 54.8 Å². The number of hydrogen-bond acceptors (Lipinski definition) is 4. The van der Waals surface area contributed by atoms with Gasteiger partial charge in [-0.2, -0.15) is 0 Å². The Morgan fingerprint density at radius 2 is 1.88 bits per heavy atom. The second-order valence-electron chi connectivity index (χ2n) is 6.19. The van der Waals surface area contributed by atoms with E-state index in [1.165, 1.54) is 0 Å². The molecule has 0 aliphatic heterocycles. The number of rotatable bonds is 5. The van der Waals surface area contributed by atoms with Crippen molar-refractivity contribution in [1.29, 1.82) is 0 Å². The fourth-order valence-electron chi connectivity index (χ4n) is 3.08. The number of amides is 1. The summed E-state index contributed by atoms with van der Waals surface area (Å²) in [5.74, 6) is -1.47. The molecule has 1 amide bonds. The topological polar surface area (TPSA) is 97.1 Å². The van der Waals surface area contributed by atoms with Crippen LogP contribution in [0.5, 0.6) is 0 Å². The van der Waals surface area contributed by atoms with Crippen LogP contribution in [0.2, 0.25) is 0 Å². The van der Waals surface area contributed by atoms with Gasteiger partial charge in [-0.3, -0.25) is 4.79 Å². The second kappa shape index (κ2) is 6.82. The monoisotopic (exact) mass is 328 g/mol. The molecule has 0 spiro atoms. The molecule has 0 radical (unpaired) electrons. The summed E-state index contributed by atoms with van der Waals surface area (Å²) in [5, 5.41) is 20.0. The zero-order valence-electron chi connectivity index (χ0n) is 13.3. The molecule has 2 aromatic rings. The number of nitrogens with zero attached hydrogens (tertiary/aromatic N) is 3. The number of carbonyl (C=O) groups excluding carboxylic acids is 1. The number of hydrogen-bond donors (Lipinski definition) is 2. The molecule has 1 fully saturated rings. The van der Waals surface area contributed by atoms with Crippen LogP contribution in [0.4, 0.5) is 0 Å². The number of carboxylic acid groups (broad SMARTS) is 1.